The summed E-state index contributed by atoms with van der Waals surface area (Å²) in [7, 11) is 11.6. The Morgan fingerprint density at radius 2 is 1.09 bits per heavy atom. The molecule has 22 heavy (non-hydrogen) atoms. The van der Waals surface area contributed by atoms with Crippen molar-refractivity contribution in [3.05, 3.63) is 34.4 Å². The van der Waals surface area contributed by atoms with Gasteiger partial charge in [-0.15, -0.1) is 0 Å². The Morgan fingerprint density at radius 1 is 0.727 bits per heavy atom. The Bertz CT molecular complexity index is 709. The predicted octanol–water partition coefficient (Wildman–Crippen LogP) is 2.95. The summed E-state index contributed by atoms with van der Waals surface area (Å²) >= 11 is 0. The van der Waals surface area contributed by atoms with Gasteiger partial charge in [-0.05, 0) is 18.2 Å². The van der Waals surface area contributed by atoms with Crippen molar-refractivity contribution >= 4 is 33.5 Å². The van der Waals surface area contributed by atoms with Crippen molar-refractivity contribution in [2.75, 3.05) is 57.0 Å². The van der Waals surface area contributed by atoms with E-state index in [0.29, 0.717) is 5.39 Å². The molecular formula is C16H22N4O2. The molecule has 6 nitrogen and oxygen atoms in total. The molecule has 0 heterocycles. The fourth-order valence-corrected chi connectivity index (χ4v) is 2.69. The number of anilines is 3. The fourth-order valence-electron chi connectivity index (χ4n) is 2.69. The molecule has 0 amide bonds. The lowest BCUT2D eigenvalue weighted by atomic mass is 10.0. The number of benzene rings is 2. The molecule has 0 saturated heterocycles. The quantitative estimate of drug-likeness (QED) is 0.642. The molecule has 118 valence electrons. The van der Waals surface area contributed by atoms with Gasteiger partial charge < -0.3 is 14.7 Å². The third kappa shape index (κ3) is 2.52. The molecule has 0 bridgehead atoms. The van der Waals surface area contributed by atoms with Crippen molar-refractivity contribution < 1.29 is 4.92 Å². The molecule has 0 aromatic heterocycles. The van der Waals surface area contributed by atoms with Crippen LogP contribution >= 0.6 is 0 Å². The van der Waals surface area contributed by atoms with Gasteiger partial charge in [0.2, 0.25) is 0 Å². The second-order valence-corrected chi connectivity index (χ2v) is 5.90. The lowest BCUT2D eigenvalue weighted by molar-refractivity contribution is -0.383. The van der Waals surface area contributed by atoms with E-state index < -0.39 is 0 Å². The highest BCUT2D eigenvalue weighted by Gasteiger charge is 2.22. The van der Waals surface area contributed by atoms with Crippen molar-refractivity contribution in [2.24, 2.45) is 0 Å². The number of non-ortho nitro benzene ring substituents is 1. The molecule has 2 aromatic carbocycles. The van der Waals surface area contributed by atoms with Crippen molar-refractivity contribution in [3.8, 4) is 0 Å². The topological polar surface area (TPSA) is 52.9 Å². The highest BCUT2D eigenvalue weighted by Crippen LogP contribution is 2.43. The second-order valence-electron chi connectivity index (χ2n) is 5.90. The molecule has 0 radical (unpaired) electrons. The maximum absolute atomic E-state index is 11.5. The van der Waals surface area contributed by atoms with Crippen LogP contribution in [0.25, 0.3) is 10.8 Å². The zero-order chi connectivity index (χ0) is 16.6. The van der Waals surface area contributed by atoms with Crippen LogP contribution in [0.1, 0.15) is 0 Å². The lowest BCUT2D eigenvalue weighted by Gasteiger charge is -2.24. The van der Waals surface area contributed by atoms with E-state index >= 15 is 0 Å². The number of nitro groups is 1. The molecular weight excluding hydrogens is 280 g/mol. The number of fused-ring (bicyclic) bond motifs is 1. The van der Waals surface area contributed by atoms with Gasteiger partial charge in [0.15, 0.2) is 0 Å². The molecule has 0 spiro atoms. The fraction of sp³-hybridized carbons (Fsp3) is 0.375. The summed E-state index contributed by atoms with van der Waals surface area (Å²) in [6, 6.07) is 7.34. The molecule has 0 aliphatic heterocycles. The normalized spacial score (nSPS) is 10.6. The van der Waals surface area contributed by atoms with Crippen LogP contribution in [0.3, 0.4) is 0 Å². The van der Waals surface area contributed by atoms with Crippen molar-refractivity contribution in [1.29, 1.82) is 0 Å². The maximum Gasteiger partial charge on any atom is 0.279 e. The molecule has 0 saturated carbocycles. The molecule has 0 aliphatic rings. The third-order valence-electron chi connectivity index (χ3n) is 3.71. The van der Waals surface area contributed by atoms with Crippen LogP contribution in [-0.4, -0.2) is 47.2 Å². The Morgan fingerprint density at radius 3 is 1.45 bits per heavy atom. The number of hydrogen-bond donors (Lipinski definition) is 0. The molecule has 0 unspecified atom stereocenters. The smallest absolute Gasteiger partial charge is 0.279 e. The Hall–Kier alpha value is -2.50. The third-order valence-corrected chi connectivity index (χ3v) is 3.71. The average molecular weight is 302 g/mol. The van der Waals surface area contributed by atoms with Gasteiger partial charge in [-0.3, -0.25) is 10.1 Å². The summed E-state index contributed by atoms with van der Waals surface area (Å²) < 4.78 is 0. The highest BCUT2D eigenvalue weighted by atomic mass is 16.6. The van der Waals surface area contributed by atoms with Crippen LogP contribution in [0.4, 0.5) is 22.7 Å². The lowest BCUT2D eigenvalue weighted by Crippen LogP contribution is -2.16. The van der Waals surface area contributed by atoms with Gasteiger partial charge in [0.1, 0.15) is 0 Å². The van der Waals surface area contributed by atoms with Crippen LogP contribution < -0.4 is 14.7 Å². The molecule has 2 aromatic rings. The monoisotopic (exact) mass is 302 g/mol. The highest BCUT2D eigenvalue weighted by molar-refractivity contribution is 6.13. The Labute approximate surface area is 130 Å². The molecule has 2 rings (SSSR count). The molecule has 6 heteroatoms. The van der Waals surface area contributed by atoms with Crippen LogP contribution in [0.15, 0.2) is 24.3 Å². The van der Waals surface area contributed by atoms with Crippen LogP contribution in [0, 0.1) is 10.1 Å². The molecule has 0 atom stereocenters. The number of nitrogens with zero attached hydrogens (tertiary/aromatic N) is 4. The number of nitro benzene ring substituents is 1. The summed E-state index contributed by atoms with van der Waals surface area (Å²) in [5, 5.41) is 13.1. The van der Waals surface area contributed by atoms with Gasteiger partial charge in [0.05, 0.1) is 16.0 Å². The maximum atomic E-state index is 11.5. The zero-order valence-corrected chi connectivity index (χ0v) is 13.9. The van der Waals surface area contributed by atoms with E-state index in [4.69, 9.17) is 0 Å². The molecule has 0 aliphatic carbocycles. The van der Waals surface area contributed by atoms with Gasteiger partial charge in [-0.25, -0.2) is 0 Å². The Kier molecular flexibility index (Phi) is 4.12. The van der Waals surface area contributed by atoms with E-state index in [9.17, 15) is 10.1 Å². The summed E-state index contributed by atoms with van der Waals surface area (Å²) in [4.78, 5) is 17.1. The predicted molar refractivity (Wildman–Crippen MR) is 93.6 cm³/mol. The van der Waals surface area contributed by atoms with E-state index in [0.717, 1.165) is 22.4 Å². The van der Waals surface area contributed by atoms with Gasteiger partial charge in [-0.1, -0.05) is 0 Å². The summed E-state index contributed by atoms with van der Waals surface area (Å²) in [6.07, 6.45) is 0. The van der Waals surface area contributed by atoms with Gasteiger partial charge in [-0.2, -0.15) is 0 Å². The van der Waals surface area contributed by atoms with Gasteiger partial charge in [0.25, 0.3) is 5.69 Å². The van der Waals surface area contributed by atoms with Crippen LogP contribution in [-0.2, 0) is 0 Å². The van der Waals surface area contributed by atoms with Crippen molar-refractivity contribution in [2.45, 2.75) is 0 Å². The Balaban J connectivity index is 3.06. The van der Waals surface area contributed by atoms with Crippen molar-refractivity contribution in [3.63, 3.8) is 0 Å². The van der Waals surface area contributed by atoms with E-state index in [-0.39, 0.29) is 10.6 Å². The summed E-state index contributed by atoms with van der Waals surface area (Å²) in [5.41, 5.74) is 2.91. The largest absolute Gasteiger partial charge is 0.377 e. The molecule has 0 fully saturated rings. The minimum absolute atomic E-state index is 0.132. The first-order chi connectivity index (χ1) is 10.3. The van der Waals surface area contributed by atoms with E-state index in [1.54, 1.807) is 6.07 Å². The summed E-state index contributed by atoms with van der Waals surface area (Å²) in [5.74, 6) is 0. The SMILES string of the molecule is CN(C)c1ccc(N(C)C)c2c([N+](=O)[O-])ccc(N(C)C)c12. The minimum atomic E-state index is -0.311. The van der Waals surface area contributed by atoms with E-state index in [1.807, 2.05) is 75.2 Å². The van der Waals surface area contributed by atoms with Crippen molar-refractivity contribution in [1.82, 2.24) is 0 Å². The first-order valence-electron chi connectivity index (χ1n) is 7.01. The first-order valence-corrected chi connectivity index (χ1v) is 7.01. The van der Waals surface area contributed by atoms with Gasteiger partial charge in [0, 0.05) is 65.1 Å². The summed E-state index contributed by atoms with van der Waals surface area (Å²) in [6.45, 7) is 0. The van der Waals surface area contributed by atoms with Crippen LogP contribution in [0.2, 0.25) is 0 Å². The standard InChI is InChI=1S/C16H22N4O2/c1-17(2)11-7-8-13(19(5)6)16-14(20(21)22)10-9-12(15(11)16)18(3)4/h7-10H,1-6H3. The molecule has 0 N–H and O–H groups in total. The second kappa shape index (κ2) is 5.71. The zero-order valence-electron chi connectivity index (χ0n) is 13.9. The van der Waals surface area contributed by atoms with Gasteiger partial charge >= 0.3 is 0 Å². The van der Waals surface area contributed by atoms with E-state index in [1.165, 1.54) is 0 Å². The average Bonchev–Trinajstić information content (AvgIpc) is 2.43. The number of hydrogen-bond acceptors (Lipinski definition) is 5. The first kappa shape index (κ1) is 15.9. The van der Waals surface area contributed by atoms with Crippen LogP contribution in [0.5, 0.6) is 0 Å². The number of rotatable bonds is 4. The minimum Gasteiger partial charge on any atom is -0.377 e. The van der Waals surface area contributed by atoms with E-state index in [2.05, 4.69) is 0 Å².